The molecule has 0 atom stereocenters. The van der Waals surface area contributed by atoms with Gasteiger partial charge < -0.3 is 15.5 Å². The number of halogens is 1. The van der Waals surface area contributed by atoms with Crippen LogP contribution in [-0.4, -0.2) is 25.7 Å². The minimum atomic E-state index is -0.368. The molecule has 0 aliphatic heterocycles. The van der Waals surface area contributed by atoms with Gasteiger partial charge in [-0.15, -0.1) is 0 Å². The molecule has 0 aliphatic rings. The van der Waals surface area contributed by atoms with E-state index in [0.717, 1.165) is 5.56 Å². The van der Waals surface area contributed by atoms with Crippen molar-refractivity contribution in [2.24, 2.45) is 0 Å². The number of hydrogen-bond acceptors (Lipinski definition) is 4. The first-order valence-electron chi connectivity index (χ1n) is 8.76. The standard InChI is InChI=1S/C22H16ClN3O3/c23-17-12-15(25-21(28)18-8-4-5-11-24-18)9-10-19(17)26-20(27)13-16(22(26)29)14-6-2-1-3-7-14/h1-13,27,29H,(H,25,28). The Morgan fingerprint density at radius 1 is 0.966 bits per heavy atom. The molecule has 0 radical (unpaired) electrons. The Kier molecular flexibility index (Phi) is 4.93. The van der Waals surface area contributed by atoms with Crippen molar-refractivity contribution >= 4 is 23.2 Å². The SMILES string of the molecule is O=C(Nc1ccc(-n2c(O)cc(-c3ccccc3)c2O)c(Cl)c1)c1ccccn1. The molecule has 2 aromatic carbocycles. The lowest BCUT2D eigenvalue weighted by atomic mass is 10.1. The molecule has 3 N–H and O–H groups in total. The number of carbonyl (C=O) groups excluding carboxylic acids is 1. The van der Waals surface area contributed by atoms with E-state index in [1.165, 1.54) is 16.8 Å². The van der Waals surface area contributed by atoms with Gasteiger partial charge in [0.15, 0.2) is 5.88 Å². The summed E-state index contributed by atoms with van der Waals surface area (Å²) in [6.07, 6.45) is 1.53. The van der Waals surface area contributed by atoms with E-state index >= 15 is 0 Å². The van der Waals surface area contributed by atoms with Gasteiger partial charge in [-0.1, -0.05) is 48.0 Å². The number of rotatable bonds is 4. The van der Waals surface area contributed by atoms with Crippen LogP contribution in [0, 0.1) is 0 Å². The molecule has 0 spiro atoms. The number of anilines is 1. The maximum atomic E-state index is 12.2. The fraction of sp³-hybridized carbons (Fsp3) is 0. The summed E-state index contributed by atoms with van der Waals surface area (Å²) in [5.74, 6) is -0.665. The van der Waals surface area contributed by atoms with Gasteiger partial charge in [0.25, 0.3) is 5.91 Å². The highest BCUT2D eigenvalue weighted by molar-refractivity contribution is 6.32. The van der Waals surface area contributed by atoms with E-state index in [1.54, 1.807) is 36.4 Å². The monoisotopic (exact) mass is 405 g/mol. The molecule has 2 heterocycles. The number of aromatic nitrogens is 2. The third-order valence-electron chi connectivity index (χ3n) is 4.38. The van der Waals surface area contributed by atoms with Crippen LogP contribution < -0.4 is 5.32 Å². The van der Waals surface area contributed by atoms with Crippen molar-refractivity contribution in [2.75, 3.05) is 5.32 Å². The van der Waals surface area contributed by atoms with Crippen molar-refractivity contribution in [1.29, 1.82) is 0 Å². The highest BCUT2D eigenvalue weighted by Gasteiger charge is 2.19. The number of benzene rings is 2. The molecule has 0 fully saturated rings. The Morgan fingerprint density at radius 3 is 2.41 bits per heavy atom. The van der Waals surface area contributed by atoms with Crippen molar-refractivity contribution in [3.63, 3.8) is 0 Å². The number of nitrogens with zero attached hydrogens (tertiary/aromatic N) is 2. The van der Waals surface area contributed by atoms with E-state index in [-0.39, 0.29) is 28.4 Å². The van der Waals surface area contributed by atoms with Gasteiger partial charge in [0.1, 0.15) is 5.69 Å². The molecule has 7 heteroatoms. The maximum Gasteiger partial charge on any atom is 0.274 e. The summed E-state index contributed by atoms with van der Waals surface area (Å²) < 4.78 is 1.25. The average Bonchev–Trinajstić information content (AvgIpc) is 3.04. The van der Waals surface area contributed by atoms with Crippen LogP contribution in [0.25, 0.3) is 16.8 Å². The number of carbonyl (C=O) groups is 1. The summed E-state index contributed by atoms with van der Waals surface area (Å²) in [5, 5.41) is 24.0. The minimum absolute atomic E-state index is 0.138. The lowest BCUT2D eigenvalue weighted by Gasteiger charge is -2.12. The normalized spacial score (nSPS) is 10.7. The summed E-state index contributed by atoms with van der Waals surface area (Å²) >= 11 is 6.38. The van der Waals surface area contributed by atoms with Gasteiger partial charge in [-0.25, -0.2) is 4.57 Å². The second-order valence-corrected chi connectivity index (χ2v) is 6.68. The Labute approximate surface area is 171 Å². The van der Waals surface area contributed by atoms with E-state index in [9.17, 15) is 15.0 Å². The van der Waals surface area contributed by atoms with Gasteiger partial charge >= 0.3 is 0 Å². The number of aromatic hydroxyl groups is 2. The summed E-state index contributed by atoms with van der Waals surface area (Å²) in [6, 6.07) is 20.5. The number of amides is 1. The highest BCUT2D eigenvalue weighted by atomic mass is 35.5. The zero-order valence-corrected chi connectivity index (χ0v) is 15.8. The molecule has 0 aliphatic carbocycles. The van der Waals surface area contributed by atoms with Crippen LogP contribution in [0.4, 0.5) is 5.69 Å². The first kappa shape index (κ1) is 18.6. The molecule has 0 saturated heterocycles. The van der Waals surface area contributed by atoms with Crippen LogP contribution in [0.5, 0.6) is 11.8 Å². The van der Waals surface area contributed by atoms with Gasteiger partial charge in [0.2, 0.25) is 5.88 Å². The molecule has 144 valence electrons. The predicted octanol–water partition coefficient (Wildman–Crippen LogP) is 4.86. The zero-order valence-electron chi connectivity index (χ0n) is 15.1. The van der Waals surface area contributed by atoms with Crippen LogP contribution in [0.3, 0.4) is 0 Å². The van der Waals surface area contributed by atoms with Crippen LogP contribution in [-0.2, 0) is 0 Å². The Bertz CT molecular complexity index is 1170. The first-order chi connectivity index (χ1) is 14.0. The Balaban J connectivity index is 1.65. The molecule has 2 aromatic heterocycles. The third kappa shape index (κ3) is 3.66. The van der Waals surface area contributed by atoms with Gasteiger partial charge in [-0.05, 0) is 35.9 Å². The van der Waals surface area contributed by atoms with Crippen LogP contribution in [0.1, 0.15) is 10.5 Å². The predicted molar refractivity (Wildman–Crippen MR) is 112 cm³/mol. The maximum absolute atomic E-state index is 12.2. The van der Waals surface area contributed by atoms with Gasteiger partial charge in [0.05, 0.1) is 10.7 Å². The number of pyridine rings is 1. The van der Waals surface area contributed by atoms with Gasteiger partial charge in [-0.2, -0.15) is 0 Å². The van der Waals surface area contributed by atoms with E-state index < -0.39 is 0 Å². The van der Waals surface area contributed by atoms with Crippen molar-refractivity contribution in [3.05, 3.63) is 89.7 Å². The van der Waals surface area contributed by atoms with Crippen molar-refractivity contribution in [2.45, 2.75) is 0 Å². The Hall–Kier alpha value is -3.77. The van der Waals surface area contributed by atoms with Crippen molar-refractivity contribution in [3.8, 4) is 28.6 Å². The smallest absolute Gasteiger partial charge is 0.274 e. The second kappa shape index (κ2) is 7.69. The van der Waals surface area contributed by atoms with Crippen LogP contribution in [0.2, 0.25) is 5.02 Å². The number of nitrogens with one attached hydrogen (secondary N) is 1. The molecule has 0 bridgehead atoms. The van der Waals surface area contributed by atoms with E-state index in [2.05, 4.69) is 10.3 Å². The zero-order chi connectivity index (χ0) is 20.4. The summed E-state index contributed by atoms with van der Waals surface area (Å²) in [4.78, 5) is 16.2. The summed E-state index contributed by atoms with van der Waals surface area (Å²) in [7, 11) is 0. The van der Waals surface area contributed by atoms with E-state index in [1.807, 2.05) is 30.3 Å². The van der Waals surface area contributed by atoms with Crippen LogP contribution >= 0.6 is 11.6 Å². The van der Waals surface area contributed by atoms with Gasteiger partial charge in [-0.3, -0.25) is 9.78 Å². The highest BCUT2D eigenvalue weighted by Crippen LogP contribution is 2.40. The molecule has 0 saturated carbocycles. The lowest BCUT2D eigenvalue weighted by molar-refractivity contribution is 0.102. The van der Waals surface area contributed by atoms with Gasteiger partial charge in [0, 0.05) is 23.5 Å². The quantitative estimate of drug-likeness (QED) is 0.452. The summed E-state index contributed by atoms with van der Waals surface area (Å²) in [6.45, 7) is 0. The topological polar surface area (TPSA) is 87.4 Å². The van der Waals surface area contributed by atoms with Crippen LogP contribution in [0.15, 0.2) is 79.0 Å². The average molecular weight is 406 g/mol. The molecule has 1 amide bonds. The largest absolute Gasteiger partial charge is 0.494 e. The van der Waals surface area contributed by atoms with E-state index in [0.29, 0.717) is 16.9 Å². The fourth-order valence-electron chi connectivity index (χ4n) is 3.01. The Morgan fingerprint density at radius 2 is 1.72 bits per heavy atom. The van der Waals surface area contributed by atoms with Crippen molar-refractivity contribution < 1.29 is 15.0 Å². The third-order valence-corrected chi connectivity index (χ3v) is 4.69. The molecule has 29 heavy (non-hydrogen) atoms. The molecular weight excluding hydrogens is 390 g/mol. The molecule has 6 nitrogen and oxygen atoms in total. The van der Waals surface area contributed by atoms with E-state index in [4.69, 9.17) is 11.6 Å². The molecular formula is C22H16ClN3O3. The fourth-order valence-corrected chi connectivity index (χ4v) is 3.28. The second-order valence-electron chi connectivity index (χ2n) is 6.28. The minimum Gasteiger partial charge on any atom is -0.494 e. The van der Waals surface area contributed by atoms with Crippen molar-refractivity contribution in [1.82, 2.24) is 9.55 Å². The summed E-state index contributed by atoms with van der Waals surface area (Å²) in [5.41, 5.74) is 2.35. The molecule has 0 unspecified atom stereocenters. The first-order valence-corrected chi connectivity index (χ1v) is 9.14. The number of hydrogen-bond donors (Lipinski definition) is 3. The molecule has 4 rings (SSSR count). The lowest BCUT2D eigenvalue weighted by Crippen LogP contribution is -2.13. The molecule has 4 aromatic rings.